The van der Waals surface area contributed by atoms with Crippen LogP contribution in [0.2, 0.25) is 0 Å². The zero-order chi connectivity index (χ0) is 29.3. The molecule has 0 bridgehead atoms. The van der Waals surface area contributed by atoms with E-state index >= 15 is 0 Å². The zero-order valence-corrected chi connectivity index (χ0v) is 24.0. The van der Waals surface area contributed by atoms with Gasteiger partial charge in [0.1, 0.15) is 0 Å². The van der Waals surface area contributed by atoms with Gasteiger partial charge >= 0.3 is 0 Å². The van der Waals surface area contributed by atoms with Crippen LogP contribution in [0, 0.1) is 13.8 Å². The number of carbonyl (C=O) groups is 2. The van der Waals surface area contributed by atoms with E-state index in [0.717, 1.165) is 44.5 Å². The Morgan fingerprint density at radius 1 is 0.395 bits per heavy atom. The Balaban J connectivity index is 1.39. The third-order valence-electron chi connectivity index (χ3n) is 9.24. The smallest absolute Gasteiger partial charge is 0.193 e. The van der Waals surface area contributed by atoms with E-state index in [1.165, 1.54) is 11.1 Å². The first-order chi connectivity index (χ1) is 21.0. The second kappa shape index (κ2) is 9.34. The molecular weight excluding hydrogens is 524 g/mol. The van der Waals surface area contributed by atoms with E-state index in [9.17, 15) is 9.59 Å². The van der Waals surface area contributed by atoms with E-state index in [-0.39, 0.29) is 11.6 Å². The number of aryl methyl sites for hydroxylation is 2. The molecule has 0 unspecified atom stereocenters. The van der Waals surface area contributed by atoms with E-state index in [1.54, 1.807) is 0 Å². The van der Waals surface area contributed by atoms with Crippen molar-refractivity contribution in [2.24, 2.45) is 0 Å². The molecule has 0 aliphatic heterocycles. The maximum absolute atomic E-state index is 13.8. The van der Waals surface area contributed by atoms with Gasteiger partial charge in [0.15, 0.2) is 11.6 Å². The largest absolute Gasteiger partial charge is 0.289 e. The van der Waals surface area contributed by atoms with Gasteiger partial charge in [0.25, 0.3) is 0 Å². The van der Waals surface area contributed by atoms with Gasteiger partial charge in [0.05, 0.1) is 5.41 Å². The Hall–Kier alpha value is -5.34. The molecular formula is C41H28O2. The molecule has 1 spiro atoms. The van der Waals surface area contributed by atoms with Gasteiger partial charge in [0.2, 0.25) is 0 Å². The van der Waals surface area contributed by atoms with E-state index in [2.05, 4.69) is 72.8 Å². The van der Waals surface area contributed by atoms with E-state index < -0.39 is 5.41 Å². The number of hydrogen-bond acceptors (Lipinski definition) is 2. The topological polar surface area (TPSA) is 34.1 Å². The lowest BCUT2D eigenvalue weighted by atomic mass is 9.70. The second-order valence-electron chi connectivity index (χ2n) is 11.8. The minimum atomic E-state index is -0.648. The summed E-state index contributed by atoms with van der Waals surface area (Å²) in [5, 5.41) is 0. The highest BCUT2D eigenvalue weighted by molar-refractivity contribution is 6.11. The van der Waals surface area contributed by atoms with Crippen molar-refractivity contribution in [3.05, 3.63) is 189 Å². The summed E-state index contributed by atoms with van der Waals surface area (Å²) in [7, 11) is 0. The van der Waals surface area contributed by atoms with Gasteiger partial charge in [-0.25, -0.2) is 0 Å². The molecule has 0 radical (unpaired) electrons. The van der Waals surface area contributed by atoms with E-state index in [1.807, 2.05) is 74.5 Å². The Kier molecular flexibility index (Phi) is 5.51. The van der Waals surface area contributed by atoms with Crippen molar-refractivity contribution in [1.29, 1.82) is 0 Å². The fourth-order valence-corrected chi connectivity index (χ4v) is 7.16. The average molecular weight is 553 g/mol. The molecule has 6 aromatic rings. The third-order valence-corrected chi connectivity index (χ3v) is 9.24. The Bertz CT molecular complexity index is 1960. The Morgan fingerprint density at radius 3 is 1.16 bits per heavy atom. The predicted molar refractivity (Wildman–Crippen MR) is 172 cm³/mol. The van der Waals surface area contributed by atoms with Gasteiger partial charge in [-0.1, -0.05) is 132 Å². The van der Waals surface area contributed by atoms with Crippen LogP contribution in [0.25, 0.3) is 22.3 Å². The molecule has 0 aromatic heterocycles. The minimum absolute atomic E-state index is 0.00344. The van der Waals surface area contributed by atoms with Gasteiger partial charge in [0, 0.05) is 22.3 Å². The molecule has 204 valence electrons. The molecule has 0 heterocycles. The Morgan fingerprint density at radius 2 is 0.744 bits per heavy atom. The molecule has 0 atom stereocenters. The number of fused-ring (bicyclic) bond motifs is 10. The molecule has 2 nitrogen and oxygen atoms in total. The summed E-state index contributed by atoms with van der Waals surface area (Å²) in [4.78, 5) is 27.6. The molecule has 2 heteroatoms. The lowest BCUT2D eigenvalue weighted by molar-refractivity contribution is 0.103. The van der Waals surface area contributed by atoms with Crippen molar-refractivity contribution in [2.45, 2.75) is 19.3 Å². The zero-order valence-electron chi connectivity index (χ0n) is 24.0. The van der Waals surface area contributed by atoms with Crippen LogP contribution in [-0.4, -0.2) is 11.6 Å². The van der Waals surface area contributed by atoms with Crippen LogP contribution in [-0.2, 0) is 5.41 Å². The monoisotopic (exact) mass is 552 g/mol. The van der Waals surface area contributed by atoms with Gasteiger partial charge in [-0.2, -0.15) is 0 Å². The lowest BCUT2D eigenvalue weighted by Gasteiger charge is -2.31. The first kappa shape index (κ1) is 25.4. The quantitative estimate of drug-likeness (QED) is 0.204. The van der Waals surface area contributed by atoms with Gasteiger partial charge < -0.3 is 0 Å². The molecule has 2 aliphatic rings. The summed E-state index contributed by atoms with van der Waals surface area (Å²) < 4.78 is 0. The maximum atomic E-state index is 13.8. The van der Waals surface area contributed by atoms with E-state index in [0.29, 0.717) is 22.3 Å². The van der Waals surface area contributed by atoms with Crippen molar-refractivity contribution in [3.63, 3.8) is 0 Å². The SMILES string of the molecule is Cc1ccc(C(=O)c2ccc3c(c2)C2(c4ccccc4-3)c3ccccc3-c3ccc(C(=O)c4ccc(C)cc4)cc32)cc1. The summed E-state index contributed by atoms with van der Waals surface area (Å²) in [5.41, 5.74) is 13.3. The molecule has 0 saturated carbocycles. The third kappa shape index (κ3) is 3.60. The summed E-state index contributed by atoms with van der Waals surface area (Å²) in [5.74, 6) is 0.00687. The van der Waals surface area contributed by atoms with Crippen molar-refractivity contribution in [2.75, 3.05) is 0 Å². The molecule has 0 fully saturated rings. The highest BCUT2D eigenvalue weighted by atomic mass is 16.1. The van der Waals surface area contributed by atoms with Crippen LogP contribution in [0.15, 0.2) is 133 Å². The molecule has 43 heavy (non-hydrogen) atoms. The van der Waals surface area contributed by atoms with Crippen LogP contribution in [0.1, 0.15) is 65.2 Å². The van der Waals surface area contributed by atoms with Crippen LogP contribution < -0.4 is 0 Å². The van der Waals surface area contributed by atoms with E-state index in [4.69, 9.17) is 0 Å². The lowest BCUT2D eigenvalue weighted by Crippen LogP contribution is -2.26. The van der Waals surface area contributed by atoms with Crippen LogP contribution >= 0.6 is 0 Å². The number of ketones is 2. The molecule has 8 rings (SSSR count). The van der Waals surface area contributed by atoms with Crippen LogP contribution in [0.3, 0.4) is 0 Å². The van der Waals surface area contributed by atoms with Gasteiger partial charge in [-0.15, -0.1) is 0 Å². The van der Waals surface area contributed by atoms with Crippen LogP contribution in [0.5, 0.6) is 0 Å². The maximum Gasteiger partial charge on any atom is 0.193 e. The second-order valence-corrected chi connectivity index (χ2v) is 11.8. The first-order valence-electron chi connectivity index (χ1n) is 14.7. The van der Waals surface area contributed by atoms with Gasteiger partial charge in [-0.3, -0.25) is 9.59 Å². The standard InChI is InChI=1S/C41H28O2/c1-25-11-15-27(16-12-25)39(42)29-19-21-33-31-7-3-5-9-35(31)41(37(33)23-29)36-10-6-4-8-32(36)34-22-20-30(24-38(34)41)40(43)28-17-13-26(2)14-18-28/h3-24H,1-2H3. The molecule has 2 aliphatic carbocycles. The highest BCUT2D eigenvalue weighted by Crippen LogP contribution is 2.62. The summed E-state index contributed by atoms with van der Waals surface area (Å²) in [6.07, 6.45) is 0. The fraction of sp³-hybridized carbons (Fsp3) is 0.0732. The van der Waals surface area contributed by atoms with Crippen molar-refractivity contribution in [1.82, 2.24) is 0 Å². The first-order valence-corrected chi connectivity index (χ1v) is 14.7. The average Bonchev–Trinajstić information content (AvgIpc) is 3.51. The van der Waals surface area contributed by atoms with Gasteiger partial charge in [-0.05, 0) is 70.5 Å². The van der Waals surface area contributed by atoms with Crippen molar-refractivity contribution in [3.8, 4) is 22.3 Å². The molecule has 6 aromatic carbocycles. The summed E-state index contributed by atoms with van der Waals surface area (Å²) in [6.45, 7) is 4.05. The van der Waals surface area contributed by atoms with Crippen molar-refractivity contribution < 1.29 is 9.59 Å². The fourth-order valence-electron chi connectivity index (χ4n) is 7.16. The highest BCUT2D eigenvalue weighted by Gasteiger charge is 2.52. The number of benzene rings is 6. The molecule has 0 saturated heterocycles. The normalized spacial score (nSPS) is 13.3. The van der Waals surface area contributed by atoms with Crippen molar-refractivity contribution >= 4 is 11.6 Å². The number of carbonyl (C=O) groups excluding carboxylic acids is 2. The minimum Gasteiger partial charge on any atom is -0.289 e. The Labute approximate surface area is 251 Å². The van der Waals surface area contributed by atoms with Crippen LogP contribution in [0.4, 0.5) is 0 Å². The summed E-state index contributed by atoms with van der Waals surface area (Å²) >= 11 is 0. The predicted octanol–water partition coefficient (Wildman–Crippen LogP) is 9.11. The number of hydrogen-bond donors (Lipinski definition) is 0. The molecule has 0 amide bonds. The number of rotatable bonds is 4. The molecule has 0 N–H and O–H groups in total. The summed E-state index contributed by atoms with van der Waals surface area (Å²) in [6, 6.07) is 44.9.